The first-order valence-electron chi connectivity index (χ1n) is 8.34. The van der Waals surface area contributed by atoms with Crippen molar-refractivity contribution in [1.29, 1.82) is 0 Å². The molecule has 1 aliphatic carbocycles. The summed E-state index contributed by atoms with van der Waals surface area (Å²) in [6, 6.07) is 6.42. The molecule has 1 saturated heterocycles. The van der Waals surface area contributed by atoms with Gasteiger partial charge in [0.25, 0.3) is 0 Å². The number of carbonyl (C=O) groups excluding carboxylic acids is 1. The lowest BCUT2D eigenvalue weighted by molar-refractivity contribution is -0.116. The topological polar surface area (TPSA) is 38.8 Å². The van der Waals surface area contributed by atoms with E-state index in [-0.39, 0.29) is 17.2 Å². The molecule has 1 aromatic carbocycles. The Morgan fingerprint density at radius 2 is 2.17 bits per heavy atom. The number of nitrogens with zero attached hydrogens (tertiary/aromatic N) is 1. The smallest absolute Gasteiger partial charge is 0.161 e. The largest absolute Gasteiger partial charge is 0.493 e. The average molecular weight is 315 g/mol. The SMILES string of the molecule is CCCOc1cc([C@@]23C=CC(=O)C[C@@H]2N(C)CC3)ccc1OC. The number of carbonyl (C=O) groups is 1. The summed E-state index contributed by atoms with van der Waals surface area (Å²) < 4.78 is 11.3. The molecule has 1 aromatic rings. The molecule has 0 bridgehead atoms. The molecule has 0 radical (unpaired) electrons. The number of likely N-dealkylation sites (tertiary alicyclic amines) is 1. The average Bonchev–Trinajstić information content (AvgIpc) is 2.90. The van der Waals surface area contributed by atoms with Crippen molar-refractivity contribution in [3.05, 3.63) is 35.9 Å². The van der Waals surface area contributed by atoms with Gasteiger partial charge in [0.1, 0.15) is 0 Å². The highest BCUT2D eigenvalue weighted by Crippen LogP contribution is 2.46. The highest BCUT2D eigenvalue weighted by Gasteiger charge is 2.48. The maximum absolute atomic E-state index is 11.9. The fourth-order valence-corrected chi connectivity index (χ4v) is 3.83. The minimum atomic E-state index is -0.0980. The maximum atomic E-state index is 11.9. The Labute approximate surface area is 138 Å². The Bertz CT molecular complexity index is 625. The summed E-state index contributed by atoms with van der Waals surface area (Å²) in [6.07, 6.45) is 6.44. The lowest BCUT2D eigenvalue weighted by atomic mass is 9.69. The van der Waals surface area contributed by atoms with Gasteiger partial charge in [0.15, 0.2) is 17.3 Å². The van der Waals surface area contributed by atoms with Crippen LogP contribution in [-0.4, -0.2) is 44.0 Å². The van der Waals surface area contributed by atoms with Crippen LogP contribution in [0.3, 0.4) is 0 Å². The standard InChI is InChI=1S/C19H25NO3/c1-4-11-23-17-12-14(5-6-16(17)22-3)19-8-7-15(21)13-18(19)20(2)10-9-19/h5-8,12,18H,4,9-11,13H2,1-3H3/t18-,19-/m0/s1. The quantitative estimate of drug-likeness (QED) is 0.837. The molecule has 4 heteroatoms. The van der Waals surface area contributed by atoms with Gasteiger partial charge in [-0.2, -0.15) is 0 Å². The van der Waals surface area contributed by atoms with E-state index in [0.717, 1.165) is 30.9 Å². The van der Waals surface area contributed by atoms with E-state index in [2.05, 4.69) is 37.1 Å². The monoisotopic (exact) mass is 315 g/mol. The predicted molar refractivity (Wildman–Crippen MR) is 90.3 cm³/mol. The van der Waals surface area contributed by atoms with Crippen LogP contribution in [0.25, 0.3) is 0 Å². The first-order valence-corrected chi connectivity index (χ1v) is 8.34. The van der Waals surface area contributed by atoms with Gasteiger partial charge >= 0.3 is 0 Å². The van der Waals surface area contributed by atoms with Gasteiger partial charge in [-0.25, -0.2) is 0 Å². The molecule has 124 valence electrons. The number of fused-ring (bicyclic) bond motifs is 1. The van der Waals surface area contributed by atoms with Crippen LogP contribution >= 0.6 is 0 Å². The summed E-state index contributed by atoms with van der Waals surface area (Å²) >= 11 is 0. The van der Waals surface area contributed by atoms with Crippen molar-refractivity contribution >= 4 is 5.78 Å². The second kappa shape index (κ2) is 6.36. The molecule has 2 atom stereocenters. The number of hydrogen-bond acceptors (Lipinski definition) is 4. The van der Waals surface area contributed by atoms with E-state index in [0.29, 0.717) is 13.0 Å². The molecule has 0 N–H and O–H groups in total. The Kier molecular flexibility index (Phi) is 4.44. The number of benzene rings is 1. The highest BCUT2D eigenvalue weighted by atomic mass is 16.5. The van der Waals surface area contributed by atoms with Crippen molar-refractivity contribution in [2.75, 3.05) is 27.3 Å². The molecule has 1 heterocycles. The van der Waals surface area contributed by atoms with Gasteiger partial charge in [-0.3, -0.25) is 4.79 Å². The third-order valence-electron chi connectivity index (χ3n) is 5.13. The Morgan fingerprint density at radius 1 is 1.35 bits per heavy atom. The molecule has 0 saturated carbocycles. The zero-order chi connectivity index (χ0) is 16.4. The summed E-state index contributed by atoms with van der Waals surface area (Å²) in [5.74, 6) is 1.77. The molecule has 1 aliphatic heterocycles. The Hall–Kier alpha value is -1.81. The van der Waals surface area contributed by atoms with Crippen molar-refractivity contribution in [2.45, 2.75) is 37.6 Å². The fraction of sp³-hybridized carbons (Fsp3) is 0.526. The summed E-state index contributed by atoms with van der Waals surface area (Å²) in [4.78, 5) is 14.2. The third-order valence-corrected chi connectivity index (χ3v) is 5.13. The lowest BCUT2D eigenvalue weighted by Gasteiger charge is -2.37. The van der Waals surface area contributed by atoms with Crippen molar-refractivity contribution in [3.63, 3.8) is 0 Å². The number of methoxy groups -OCH3 is 1. The number of ether oxygens (including phenoxy) is 2. The zero-order valence-corrected chi connectivity index (χ0v) is 14.2. The van der Waals surface area contributed by atoms with Gasteiger partial charge in [-0.05, 0) is 50.2 Å². The van der Waals surface area contributed by atoms with Crippen molar-refractivity contribution < 1.29 is 14.3 Å². The van der Waals surface area contributed by atoms with Crippen LogP contribution in [0.5, 0.6) is 11.5 Å². The molecule has 1 fully saturated rings. The van der Waals surface area contributed by atoms with Crippen LogP contribution < -0.4 is 9.47 Å². The van der Waals surface area contributed by atoms with Gasteiger partial charge in [0, 0.05) is 17.9 Å². The van der Waals surface area contributed by atoms with E-state index in [1.54, 1.807) is 13.2 Å². The van der Waals surface area contributed by atoms with Crippen LogP contribution in [0, 0.1) is 0 Å². The molecule has 3 rings (SSSR count). The molecule has 0 aromatic heterocycles. The predicted octanol–water partition coefficient (Wildman–Crippen LogP) is 2.95. The molecule has 23 heavy (non-hydrogen) atoms. The maximum Gasteiger partial charge on any atom is 0.161 e. The molecule has 2 aliphatic rings. The van der Waals surface area contributed by atoms with Crippen molar-refractivity contribution in [2.24, 2.45) is 0 Å². The minimum absolute atomic E-state index is 0.0980. The molecule has 0 unspecified atom stereocenters. The lowest BCUT2D eigenvalue weighted by Crippen LogP contribution is -2.43. The minimum Gasteiger partial charge on any atom is -0.493 e. The number of ketones is 1. The molecular weight excluding hydrogens is 290 g/mol. The van der Waals surface area contributed by atoms with Gasteiger partial charge in [0.2, 0.25) is 0 Å². The number of hydrogen-bond donors (Lipinski definition) is 0. The second-order valence-electron chi connectivity index (χ2n) is 6.50. The first kappa shape index (κ1) is 16.1. The van der Waals surface area contributed by atoms with Crippen LogP contribution in [0.2, 0.25) is 0 Å². The molecule has 4 nitrogen and oxygen atoms in total. The van der Waals surface area contributed by atoms with E-state index in [1.165, 1.54) is 5.56 Å². The molecule has 0 spiro atoms. The highest BCUT2D eigenvalue weighted by molar-refractivity contribution is 5.92. The Balaban J connectivity index is 2.02. The van der Waals surface area contributed by atoms with Crippen molar-refractivity contribution in [1.82, 2.24) is 4.90 Å². The normalized spacial score (nSPS) is 27.1. The van der Waals surface area contributed by atoms with Crippen LogP contribution in [0.15, 0.2) is 30.4 Å². The van der Waals surface area contributed by atoms with E-state index < -0.39 is 0 Å². The molecular formula is C19H25NO3. The van der Waals surface area contributed by atoms with Gasteiger partial charge in [-0.1, -0.05) is 19.1 Å². The first-order chi connectivity index (χ1) is 11.1. The third kappa shape index (κ3) is 2.76. The van der Waals surface area contributed by atoms with Gasteiger partial charge in [-0.15, -0.1) is 0 Å². The van der Waals surface area contributed by atoms with E-state index >= 15 is 0 Å². The van der Waals surface area contributed by atoms with Crippen LogP contribution in [0.1, 0.15) is 31.7 Å². The van der Waals surface area contributed by atoms with E-state index in [1.807, 2.05) is 6.07 Å². The van der Waals surface area contributed by atoms with Crippen LogP contribution in [-0.2, 0) is 10.2 Å². The van der Waals surface area contributed by atoms with Crippen LogP contribution in [0.4, 0.5) is 0 Å². The number of allylic oxidation sites excluding steroid dienone is 1. The van der Waals surface area contributed by atoms with E-state index in [9.17, 15) is 4.79 Å². The number of likely N-dealkylation sites (N-methyl/N-ethyl adjacent to an activating group) is 1. The second-order valence-corrected chi connectivity index (χ2v) is 6.50. The summed E-state index contributed by atoms with van der Waals surface area (Å²) in [5, 5.41) is 0. The summed E-state index contributed by atoms with van der Waals surface area (Å²) in [5.41, 5.74) is 1.11. The van der Waals surface area contributed by atoms with E-state index in [4.69, 9.17) is 9.47 Å². The number of rotatable bonds is 5. The summed E-state index contributed by atoms with van der Waals surface area (Å²) in [7, 11) is 3.77. The Morgan fingerprint density at radius 3 is 2.91 bits per heavy atom. The van der Waals surface area contributed by atoms with Gasteiger partial charge in [0.05, 0.1) is 13.7 Å². The molecule has 0 amide bonds. The van der Waals surface area contributed by atoms with Crippen molar-refractivity contribution in [3.8, 4) is 11.5 Å². The van der Waals surface area contributed by atoms with Gasteiger partial charge < -0.3 is 14.4 Å². The zero-order valence-electron chi connectivity index (χ0n) is 14.2. The summed E-state index contributed by atoms with van der Waals surface area (Å²) in [6.45, 7) is 3.76. The fourth-order valence-electron chi connectivity index (χ4n) is 3.83.